The molecule has 0 fully saturated rings. The van der Waals surface area contributed by atoms with Crippen LogP contribution in [0.5, 0.6) is 11.5 Å². The molecule has 0 spiro atoms. The molecule has 0 aliphatic heterocycles. The third-order valence-corrected chi connectivity index (χ3v) is 3.81. The Morgan fingerprint density at radius 3 is 2.54 bits per heavy atom. The number of hydrogen-bond donors (Lipinski definition) is 1. The molecule has 3 rings (SSSR count). The summed E-state index contributed by atoms with van der Waals surface area (Å²) in [7, 11) is 3.01. The van der Waals surface area contributed by atoms with Crippen LogP contribution in [0.25, 0.3) is 11.1 Å². The zero-order chi connectivity index (χ0) is 18.5. The fourth-order valence-corrected chi connectivity index (χ4v) is 2.54. The molecule has 26 heavy (non-hydrogen) atoms. The molecule has 1 heterocycles. The number of benzene rings is 2. The molecule has 1 N–H and O–H groups in total. The van der Waals surface area contributed by atoms with E-state index in [0.717, 1.165) is 17.0 Å². The topological polar surface area (TPSA) is 86.5 Å². The number of aromatic nitrogens is 1. The van der Waals surface area contributed by atoms with E-state index in [-0.39, 0.29) is 11.4 Å². The SMILES string of the molecule is COc1cccc(Nc2cc(-c3ccc(OC)c([N+](=O)[O-])c3)ccn2)c1. The summed E-state index contributed by atoms with van der Waals surface area (Å²) >= 11 is 0. The van der Waals surface area contributed by atoms with Gasteiger partial charge in [0.1, 0.15) is 11.6 Å². The molecule has 132 valence electrons. The molecule has 0 aliphatic rings. The molecule has 7 heteroatoms. The van der Waals surface area contributed by atoms with Gasteiger partial charge >= 0.3 is 5.69 Å². The van der Waals surface area contributed by atoms with E-state index in [4.69, 9.17) is 9.47 Å². The van der Waals surface area contributed by atoms with Crippen molar-refractivity contribution in [3.05, 3.63) is 70.9 Å². The van der Waals surface area contributed by atoms with Crippen molar-refractivity contribution in [3.63, 3.8) is 0 Å². The molecule has 0 radical (unpaired) electrons. The standard InChI is InChI=1S/C19H17N3O4/c1-25-16-5-3-4-15(12-16)21-19-11-14(8-9-20-19)13-6-7-18(26-2)17(10-13)22(23)24/h3-12H,1-2H3,(H,20,21). The van der Waals surface area contributed by atoms with Crippen LogP contribution >= 0.6 is 0 Å². The number of nitrogens with zero attached hydrogens (tertiary/aromatic N) is 2. The van der Waals surface area contributed by atoms with Crippen LogP contribution in [0, 0.1) is 10.1 Å². The maximum atomic E-state index is 11.2. The largest absolute Gasteiger partial charge is 0.497 e. The second-order valence-corrected chi connectivity index (χ2v) is 5.43. The molecule has 0 amide bonds. The number of methoxy groups -OCH3 is 2. The van der Waals surface area contributed by atoms with Crippen molar-refractivity contribution in [2.75, 3.05) is 19.5 Å². The summed E-state index contributed by atoms with van der Waals surface area (Å²) in [4.78, 5) is 15.1. The van der Waals surface area contributed by atoms with Crippen LogP contribution in [0.15, 0.2) is 60.8 Å². The second-order valence-electron chi connectivity index (χ2n) is 5.43. The van der Waals surface area contributed by atoms with Gasteiger partial charge in [0.25, 0.3) is 0 Å². The molecule has 0 bridgehead atoms. The van der Waals surface area contributed by atoms with Gasteiger partial charge < -0.3 is 14.8 Å². The summed E-state index contributed by atoms with van der Waals surface area (Å²) in [6.07, 6.45) is 1.65. The fourth-order valence-electron chi connectivity index (χ4n) is 2.54. The maximum absolute atomic E-state index is 11.2. The lowest BCUT2D eigenvalue weighted by Crippen LogP contribution is -1.96. The van der Waals surface area contributed by atoms with Crippen molar-refractivity contribution < 1.29 is 14.4 Å². The molecule has 7 nitrogen and oxygen atoms in total. The van der Waals surface area contributed by atoms with Crippen LogP contribution in [-0.4, -0.2) is 24.1 Å². The highest BCUT2D eigenvalue weighted by Gasteiger charge is 2.16. The van der Waals surface area contributed by atoms with E-state index >= 15 is 0 Å². The summed E-state index contributed by atoms with van der Waals surface area (Å²) in [6.45, 7) is 0. The van der Waals surface area contributed by atoms with Gasteiger partial charge in [-0.05, 0) is 41.5 Å². The average molecular weight is 351 g/mol. The van der Waals surface area contributed by atoms with Crippen molar-refractivity contribution in [2.24, 2.45) is 0 Å². The number of ether oxygens (including phenoxy) is 2. The highest BCUT2D eigenvalue weighted by molar-refractivity contribution is 5.72. The van der Waals surface area contributed by atoms with Crippen LogP contribution in [0.2, 0.25) is 0 Å². The summed E-state index contributed by atoms with van der Waals surface area (Å²) < 4.78 is 10.3. The zero-order valence-electron chi connectivity index (χ0n) is 14.3. The number of pyridine rings is 1. The molecule has 0 saturated carbocycles. The molecule has 0 unspecified atom stereocenters. The molecule has 3 aromatic rings. The van der Waals surface area contributed by atoms with Crippen molar-refractivity contribution >= 4 is 17.2 Å². The zero-order valence-corrected chi connectivity index (χ0v) is 14.3. The molecular weight excluding hydrogens is 334 g/mol. The van der Waals surface area contributed by atoms with Crippen molar-refractivity contribution in [2.45, 2.75) is 0 Å². The Labute approximate surface area is 150 Å². The number of nitro groups is 1. The maximum Gasteiger partial charge on any atom is 0.311 e. The number of rotatable bonds is 6. The van der Waals surface area contributed by atoms with E-state index in [0.29, 0.717) is 11.4 Å². The minimum atomic E-state index is -0.459. The van der Waals surface area contributed by atoms with E-state index in [1.165, 1.54) is 13.2 Å². The quantitative estimate of drug-likeness (QED) is 0.523. The summed E-state index contributed by atoms with van der Waals surface area (Å²) in [5, 5.41) is 14.4. The summed E-state index contributed by atoms with van der Waals surface area (Å²) in [5.74, 6) is 1.58. The van der Waals surface area contributed by atoms with Gasteiger partial charge in [0.05, 0.1) is 19.1 Å². The van der Waals surface area contributed by atoms with Crippen LogP contribution in [0.3, 0.4) is 0 Å². The van der Waals surface area contributed by atoms with Crippen molar-refractivity contribution in [1.82, 2.24) is 4.98 Å². The summed E-state index contributed by atoms with van der Waals surface area (Å²) in [6, 6.07) is 15.9. The van der Waals surface area contributed by atoms with E-state index in [9.17, 15) is 10.1 Å². The van der Waals surface area contributed by atoms with Crippen LogP contribution in [0.4, 0.5) is 17.2 Å². The Morgan fingerprint density at radius 2 is 1.81 bits per heavy atom. The lowest BCUT2D eigenvalue weighted by atomic mass is 10.1. The van der Waals surface area contributed by atoms with Gasteiger partial charge in [0.15, 0.2) is 5.75 Å². The van der Waals surface area contributed by atoms with Crippen LogP contribution in [0.1, 0.15) is 0 Å². The Bertz CT molecular complexity index is 944. The smallest absolute Gasteiger partial charge is 0.311 e. The first kappa shape index (κ1) is 17.2. The fraction of sp³-hybridized carbons (Fsp3) is 0.105. The van der Waals surface area contributed by atoms with Gasteiger partial charge in [-0.1, -0.05) is 12.1 Å². The number of anilines is 2. The predicted molar refractivity (Wildman–Crippen MR) is 99.2 cm³/mol. The first-order valence-electron chi connectivity index (χ1n) is 7.80. The van der Waals surface area contributed by atoms with Gasteiger partial charge in [0.2, 0.25) is 0 Å². The lowest BCUT2D eigenvalue weighted by Gasteiger charge is -2.09. The average Bonchev–Trinajstić information content (AvgIpc) is 2.67. The third kappa shape index (κ3) is 3.72. The number of nitro benzene ring substituents is 1. The Morgan fingerprint density at radius 1 is 1.00 bits per heavy atom. The van der Waals surface area contributed by atoms with E-state index in [2.05, 4.69) is 10.3 Å². The first-order chi connectivity index (χ1) is 12.6. The Kier molecular flexibility index (Phi) is 4.98. The molecule has 0 atom stereocenters. The molecule has 2 aromatic carbocycles. The third-order valence-electron chi connectivity index (χ3n) is 3.81. The van der Waals surface area contributed by atoms with Gasteiger partial charge in [-0.3, -0.25) is 10.1 Å². The van der Waals surface area contributed by atoms with Crippen LogP contribution in [-0.2, 0) is 0 Å². The summed E-state index contributed by atoms with van der Waals surface area (Å²) in [5.41, 5.74) is 2.25. The molecular formula is C19H17N3O4. The van der Waals surface area contributed by atoms with Gasteiger partial charge in [-0.15, -0.1) is 0 Å². The molecule has 0 saturated heterocycles. The highest BCUT2D eigenvalue weighted by atomic mass is 16.6. The normalized spacial score (nSPS) is 10.2. The lowest BCUT2D eigenvalue weighted by molar-refractivity contribution is -0.385. The van der Waals surface area contributed by atoms with Gasteiger partial charge in [-0.2, -0.15) is 0 Å². The Balaban J connectivity index is 1.92. The van der Waals surface area contributed by atoms with Crippen molar-refractivity contribution in [3.8, 4) is 22.6 Å². The van der Waals surface area contributed by atoms with E-state index in [1.807, 2.05) is 30.3 Å². The Hall–Kier alpha value is -3.61. The first-order valence-corrected chi connectivity index (χ1v) is 7.80. The van der Waals surface area contributed by atoms with Crippen LogP contribution < -0.4 is 14.8 Å². The second kappa shape index (κ2) is 7.52. The van der Waals surface area contributed by atoms with Gasteiger partial charge in [0, 0.05) is 24.0 Å². The van der Waals surface area contributed by atoms with E-state index < -0.39 is 4.92 Å². The monoisotopic (exact) mass is 351 g/mol. The van der Waals surface area contributed by atoms with E-state index in [1.54, 1.807) is 31.5 Å². The highest BCUT2D eigenvalue weighted by Crippen LogP contribution is 2.33. The number of nitrogens with one attached hydrogen (secondary N) is 1. The minimum absolute atomic E-state index is 0.0795. The minimum Gasteiger partial charge on any atom is -0.497 e. The van der Waals surface area contributed by atoms with Crippen molar-refractivity contribution in [1.29, 1.82) is 0 Å². The molecule has 1 aromatic heterocycles. The van der Waals surface area contributed by atoms with Gasteiger partial charge in [-0.25, -0.2) is 4.98 Å². The predicted octanol–water partition coefficient (Wildman–Crippen LogP) is 4.42. The number of hydrogen-bond acceptors (Lipinski definition) is 6. The molecule has 0 aliphatic carbocycles.